The van der Waals surface area contributed by atoms with Crippen molar-refractivity contribution in [3.05, 3.63) is 12.3 Å². The smallest absolute Gasteiger partial charge is 0.305 e. The van der Waals surface area contributed by atoms with Gasteiger partial charge in [-0.15, -0.1) is 0 Å². The highest BCUT2D eigenvalue weighted by Crippen LogP contribution is 1.90. The quantitative estimate of drug-likeness (QED) is 0.258. The van der Waals surface area contributed by atoms with E-state index in [1.165, 1.54) is 6.08 Å². The van der Waals surface area contributed by atoms with E-state index in [1.807, 2.05) is 0 Å². The highest BCUT2D eigenvalue weighted by Gasteiger charge is 1.94. The molecular formula is C6H10O5S. The van der Waals surface area contributed by atoms with Crippen LogP contribution in [0.1, 0.15) is 6.42 Å². The summed E-state index contributed by atoms with van der Waals surface area (Å²) in [5.41, 5.74) is 0. The largest absolute Gasteiger partial charge is 0.468 e. The lowest BCUT2D eigenvalue weighted by Crippen LogP contribution is -1.96. The molecule has 0 spiro atoms. The van der Waals surface area contributed by atoms with Crippen molar-refractivity contribution in [1.82, 2.24) is 0 Å². The highest BCUT2D eigenvalue weighted by molar-refractivity contribution is 7.86. The van der Waals surface area contributed by atoms with E-state index in [1.54, 1.807) is 0 Å². The van der Waals surface area contributed by atoms with Crippen molar-refractivity contribution in [2.24, 2.45) is 0 Å². The predicted octanol–water partition coefficient (Wildman–Crippen LogP) is 0.0394. The Bertz CT molecular complexity index is 241. The molecule has 5 nitrogen and oxygen atoms in total. The van der Waals surface area contributed by atoms with Crippen LogP contribution < -0.4 is 0 Å². The lowest BCUT2D eigenvalue weighted by Gasteiger charge is -1.94. The van der Waals surface area contributed by atoms with Crippen LogP contribution in [0.5, 0.6) is 0 Å². The van der Waals surface area contributed by atoms with Gasteiger partial charge in [0, 0.05) is 6.42 Å². The number of rotatable bonds is 6. The minimum Gasteiger partial charge on any atom is -0.468 e. The molecule has 0 radical (unpaired) electrons. The second-order valence-electron chi connectivity index (χ2n) is 1.93. The van der Waals surface area contributed by atoms with Crippen molar-refractivity contribution in [2.75, 3.05) is 12.9 Å². The lowest BCUT2D eigenvalue weighted by molar-refractivity contribution is -0.128. The minimum absolute atomic E-state index is 0.215. The fourth-order valence-corrected chi connectivity index (χ4v) is 0.673. The SMILES string of the molecule is CS(=O)(=O)O/C=C/CCOC=O. The summed E-state index contributed by atoms with van der Waals surface area (Å²) < 4.78 is 29.3. The summed E-state index contributed by atoms with van der Waals surface area (Å²) in [5.74, 6) is 0. The maximum atomic E-state index is 10.4. The molecule has 0 bridgehead atoms. The summed E-state index contributed by atoms with van der Waals surface area (Å²) in [7, 11) is -3.41. The van der Waals surface area contributed by atoms with Gasteiger partial charge in [-0.2, -0.15) is 8.42 Å². The Kier molecular flexibility index (Phi) is 5.11. The van der Waals surface area contributed by atoms with Gasteiger partial charge in [0.25, 0.3) is 6.47 Å². The first kappa shape index (κ1) is 11.0. The molecule has 0 aliphatic carbocycles. The topological polar surface area (TPSA) is 69.7 Å². The van der Waals surface area contributed by atoms with E-state index in [0.717, 1.165) is 12.5 Å². The van der Waals surface area contributed by atoms with Gasteiger partial charge in [-0.25, -0.2) is 0 Å². The molecule has 70 valence electrons. The molecule has 0 aromatic rings. The third kappa shape index (κ3) is 8.96. The Balaban J connectivity index is 3.45. The van der Waals surface area contributed by atoms with Crippen LogP contribution in [-0.4, -0.2) is 27.8 Å². The molecule has 6 heteroatoms. The zero-order chi connectivity index (χ0) is 9.45. The second kappa shape index (κ2) is 5.59. The molecule has 0 saturated heterocycles. The van der Waals surface area contributed by atoms with Crippen molar-refractivity contribution in [3.8, 4) is 0 Å². The van der Waals surface area contributed by atoms with Crippen molar-refractivity contribution in [3.63, 3.8) is 0 Å². The zero-order valence-corrected chi connectivity index (χ0v) is 7.41. The van der Waals surface area contributed by atoms with Gasteiger partial charge < -0.3 is 8.92 Å². The van der Waals surface area contributed by atoms with Gasteiger partial charge in [-0.05, 0) is 6.08 Å². The number of carbonyl (C=O) groups excluding carboxylic acids is 1. The van der Waals surface area contributed by atoms with Gasteiger partial charge in [-0.1, -0.05) is 0 Å². The fourth-order valence-electron chi connectivity index (χ4n) is 0.392. The van der Waals surface area contributed by atoms with Gasteiger partial charge in [0.05, 0.1) is 12.9 Å². The van der Waals surface area contributed by atoms with Crippen LogP contribution in [0.25, 0.3) is 0 Å². The van der Waals surface area contributed by atoms with E-state index < -0.39 is 10.1 Å². The molecule has 0 aromatic carbocycles. The predicted molar refractivity (Wildman–Crippen MR) is 41.7 cm³/mol. The van der Waals surface area contributed by atoms with Crippen LogP contribution in [-0.2, 0) is 23.8 Å². The summed E-state index contributed by atoms with van der Waals surface area (Å²) in [6.45, 7) is 0.540. The third-order valence-electron chi connectivity index (χ3n) is 0.797. The molecule has 0 heterocycles. The Morgan fingerprint density at radius 3 is 2.58 bits per heavy atom. The summed E-state index contributed by atoms with van der Waals surface area (Å²) in [6, 6.07) is 0. The minimum atomic E-state index is -3.41. The molecule has 0 atom stereocenters. The molecule has 0 saturated carbocycles. The highest BCUT2D eigenvalue weighted by atomic mass is 32.2. The molecule has 0 fully saturated rings. The van der Waals surface area contributed by atoms with Crippen molar-refractivity contribution in [1.29, 1.82) is 0 Å². The van der Waals surface area contributed by atoms with Crippen LogP contribution in [0.4, 0.5) is 0 Å². The van der Waals surface area contributed by atoms with E-state index in [2.05, 4.69) is 8.92 Å². The summed E-state index contributed by atoms with van der Waals surface area (Å²) in [4.78, 5) is 9.62. The first-order valence-electron chi connectivity index (χ1n) is 3.15. The molecule has 0 rings (SSSR count). The van der Waals surface area contributed by atoms with Crippen LogP contribution in [0.3, 0.4) is 0 Å². The van der Waals surface area contributed by atoms with Gasteiger partial charge in [0.1, 0.15) is 6.26 Å². The summed E-state index contributed by atoms with van der Waals surface area (Å²) in [6.07, 6.45) is 3.86. The maximum Gasteiger partial charge on any atom is 0.305 e. The van der Waals surface area contributed by atoms with E-state index in [0.29, 0.717) is 12.9 Å². The monoisotopic (exact) mass is 194 g/mol. The summed E-state index contributed by atoms with van der Waals surface area (Å²) in [5, 5.41) is 0. The van der Waals surface area contributed by atoms with Gasteiger partial charge in [0.15, 0.2) is 0 Å². The first-order chi connectivity index (χ1) is 5.56. The molecule has 0 N–H and O–H groups in total. The van der Waals surface area contributed by atoms with E-state index in [4.69, 9.17) is 0 Å². The van der Waals surface area contributed by atoms with Crippen molar-refractivity contribution in [2.45, 2.75) is 6.42 Å². The molecular weight excluding hydrogens is 184 g/mol. The van der Waals surface area contributed by atoms with E-state index in [-0.39, 0.29) is 6.61 Å². The number of hydrogen-bond acceptors (Lipinski definition) is 5. The van der Waals surface area contributed by atoms with Crippen LogP contribution >= 0.6 is 0 Å². The fraction of sp³-hybridized carbons (Fsp3) is 0.500. The third-order valence-corrected chi connectivity index (χ3v) is 1.26. The first-order valence-corrected chi connectivity index (χ1v) is 4.96. The van der Waals surface area contributed by atoms with E-state index in [9.17, 15) is 13.2 Å². The number of hydrogen-bond donors (Lipinski definition) is 0. The maximum absolute atomic E-state index is 10.4. The number of carbonyl (C=O) groups is 1. The molecule has 0 aliphatic rings. The molecule has 12 heavy (non-hydrogen) atoms. The molecule has 0 unspecified atom stereocenters. The van der Waals surface area contributed by atoms with Crippen LogP contribution in [0.15, 0.2) is 12.3 Å². The van der Waals surface area contributed by atoms with Crippen molar-refractivity contribution < 1.29 is 22.1 Å². The number of ether oxygens (including phenoxy) is 1. The van der Waals surface area contributed by atoms with Gasteiger partial charge >= 0.3 is 10.1 Å². The molecule has 0 amide bonds. The standard InChI is InChI=1S/C6H10O5S/c1-12(8,9)11-5-3-2-4-10-6-7/h3,5-6H,2,4H2,1H3/b5-3+. The Hall–Kier alpha value is -1.04. The average molecular weight is 194 g/mol. The average Bonchev–Trinajstić information content (AvgIpc) is 1.94. The van der Waals surface area contributed by atoms with Crippen LogP contribution in [0.2, 0.25) is 0 Å². The second-order valence-corrected chi connectivity index (χ2v) is 3.53. The molecule has 0 aliphatic heterocycles. The van der Waals surface area contributed by atoms with Crippen LogP contribution in [0, 0.1) is 0 Å². The van der Waals surface area contributed by atoms with Crippen molar-refractivity contribution >= 4 is 16.6 Å². The van der Waals surface area contributed by atoms with Gasteiger partial charge in [0.2, 0.25) is 0 Å². The zero-order valence-electron chi connectivity index (χ0n) is 6.60. The van der Waals surface area contributed by atoms with Gasteiger partial charge in [-0.3, -0.25) is 4.79 Å². The Morgan fingerprint density at radius 1 is 1.42 bits per heavy atom. The normalized spacial score (nSPS) is 11.4. The van der Waals surface area contributed by atoms with E-state index >= 15 is 0 Å². The Morgan fingerprint density at radius 2 is 2.08 bits per heavy atom. The molecule has 0 aromatic heterocycles. The Labute approximate surface area is 71.1 Å². The summed E-state index contributed by atoms with van der Waals surface area (Å²) >= 11 is 0. The lowest BCUT2D eigenvalue weighted by atomic mass is 10.4.